The molecular weight excluding hydrogens is 453 g/mol. The Hall–Kier alpha value is -2.26. The number of benzene rings is 2. The summed E-state index contributed by atoms with van der Waals surface area (Å²) in [5.74, 6) is 0.112. The molecule has 0 saturated carbocycles. The summed E-state index contributed by atoms with van der Waals surface area (Å²) in [5.41, 5.74) is 1.27. The molecule has 0 atom stereocenters. The summed E-state index contributed by atoms with van der Waals surface area (Å²) in [6.07, 6.45) is 0.786. The lowest BCUT2D eigenvalue weighted by atomic mass is 10.2. The molecule has 1 aliphatic heterocycles. The highest BCUT2D eigenvalue weighted by atomic mass is 35.5. The minimum absolute atomic E-state index is 0. The van der Waals surface area contributed by atoms with Crippen molar-refractivity contribution in [1.29, 1.82) is 0 Å². The molecule has 3 aromatic rings. The van der Waals surface area contributed by atoms with Gasteiger partial charge in [0.05, 0.1) is 17.9 Å². The van der Waals surface area contributed by atoms with Crippen LogP contribution in [-0.4, -0.2) is 61.8 Å². The van der Waals surface area contributed by atoms with E-state index in [0.29, 0.717) is 22.9 Å². The Morgan fingerprint density at radius 2 is 2.00 bits per heavy atom. The molecule has 1 aliphatic rings. The number of hydrogen-bond acceptors (Lipinski definition) is 6. The molecule has 4 rings (SSSR count). The predicted molar refractivity (Wildman–Crippen MR) is 128 cm³/mol. The molecule has 172 valence electrons. The number of aryl methyl sites for hydroxylation is 1. The van der Waals surface area contributed by atoms with Crippen molar-refractivity contribution in [3.63, 3.8) is 0 Å². The van der Waals surface area contributed by atoms with Gasteiger partial charge in [-0.2, -0.15) is 0 Å². The summed E-state index contributed by atoms with van der Waals surface area (Å²) in [6.45, 7) is 6.48. The van der Waals surface area contributed by atoms with Crippen LogP contribution >= 0.6 is 23.7 Å². The van der Waals surface area contributed by atoms with Gasteiger partial charge >= 0.3 is 0 Å². The fourth-order valence-corrected chi connectivity index (χ4v) is 4.58. The topological polar surface area (TPSA) is 54.9 Å². The number of anilines is 1. The highest BCUT2D eigenvalue weighted by Crippen LogP contribution is 2.30. The molecule has 1 amide bonds. The van der Waals surface area contributed by atoms with E-state index in [4.69, 9.17) is 9.47 Å². The third-order valence-corrected chi connectivity index (χ3v) is 6.34. The van der Waals surface area contributed by atoms with Gasteiger partial charge in [0.15, 0.2) is 11.7 Å². The summed E-state index contributed by atoms with van der Waals surface area (Å²) in [4.78, 5) is 21.5. The maximum Gasteiger partial charge on any atom is 0.266 e. The van der Waals surface area contributed by atoms with Crippen molar-refractivity contribution in [1.82, 2.24) is 9.88 Å². The second-order valence-electron chi connectivity index (χ2n) is 7.49. The average Bonchev–Trinajstić information content (AvgIpc) is 3.22. The van der Waals surface area contributed by atoms with E-state index in [2.05, 4.69) is 9.88 Å². The van der Waals surface area contributed by atoms with Crippen molar-refractivity contribution in [2.45, 2.75) is 13.3 Å². The quantitative estimate of drug-likeness (QED) is 0.482. The second kappa shape index (κ2) is 11.6. The van der Waals surface area contributed by atoms with E-state index in [0.717, 1.165) is 49.5 Å². The number of halogens is 2. The number of carbonyl (C=O) groups is 1. The van der Waals surface area contributed by atoms with Crippen molar-refractivity contribution in [3.05, 3.63) is 53.8 Å². The van der Waals surface area contributed by atoms with Gasteiger partial charge in [-0.05, 0) is 37.1 Å². The Kier molecular flexibility index (Phi) is 8.81. The molecule has 0 N–H and O–H groups in total. The molecule has 2 heterocycles. The predicted octanol–water partition coefficient (Wildman–Crippen LogP) is 4.30. The van der Waals surface area contributed by atoms with Crippen molar-refractivity contribution < 1.29 is 18.7 Å². The van der Waals surface area contributed by atoms with Gasteiger partial charge < -0.3 is 9.47 Å². The number of morpholine rings is 1. The maximum absolute atomic E-state index is 14.2. The SMILES string of the molecule is Cc1ccccc1OCC(=O)N(CCCN1CCOCC1)c1nc2c(F)cccc2s1.Cl. The van der Waals surface area contributed by atoms with Crippen molar-refractivity contribution in [2.75, 3.05) is 50.9 Å². The number of thiazole rings is 1. The molecule has 1 fully saturated rings. The Labute approximate surface area is 197 Å². The maximum atomic E-state index is 14.2. The number of hydrogen-bond donors (Lipinski definition) is 0. The molecule has 9 heteroatoms. The van der Waals surface area contributed by atoms with Crippen LogP contribution in [0, 0.1) is 12.7 Å². The highest BCUT2D eigenvalue weighted by molar-refractivity contribution is 7.22. The standard InChI is InChI=1S/C23H26FN3O3S.ClH/c1-17-6-2-3-8-19(17)30-16-21(28)27(11-5-10-26-12-14-29-15-13-26)23-25-22-18(24)7-4-9-20(22)31-23;/h2-4,6-9H,5,10-16H2,1H3;1H. The minimum Gasteiger partial charge on any atom is -0.483 e. The second-order valence-corrected chi connectivity index (χ2v) is 8.50. The van der Waals surface area contributed by atoms with Gasteiger partial charge in [-0.25, -0.2) is 9.37 Å². The van der Waals surface area contributed by atoms with Gasteiger partial charge in [-0.3, -0.25) is 14.6 Å². The zero-order valence-electron chi connectivity index (χ0n) is 18.0. The minimum atomic E-state index is -0.378. The van der Waals surface area contributed by atoms with Gasteiger partial charge in [-0.1, -0.05) is 35.6 Å². The van der Waals surface area contributed by atoms with E-state index in [1.165, 1.54) is 17.4 Å². The molecule has 0 bridgehead atoms. The lowest BCUT2D eigenvalue weighted by molar-refractivity contribution is -0.120. The van der Waals surface area contributed by atoms with Crippen LogP contribution in [0.1, 0.15) is 12.0 Å². The Morgan fingerprint density at radius 1 is 1.22 bits per heavy atom. The summed E-state index contributed by atoms with van der Waals surface area (Å²) in [7, 11) is 0. The molecule has 1 aromatic heterocycles. The van der Waals surface area contributed by atoms with Crippen molar-refractivity contribution in [3.8, 4) is 5.75 Å². The first-order valence-corrected chi connectivity index (χ1v) is 11.3. The first kappa shape index (κ1) is 24.4. The van der Waals surface area contributed by atoms with Crippen LogP contribution in [0.25, 0.3) is 10.2 Å². The van der Waals surface area contributed by atoms with Crippen LogP contribution in [-0.2, 0) is 9.53 Å². The van der Waals surface area contributed by atoms with Gasteiger partial charge in [-0.15, -0.1) is 12.4 Å². The number of rotatable bonds is 8. The smallest absolute Gasteiger partial charge is 0.266 e. The van der Waals surface area contributed by atoms with E-state index in [1.807, 2.05) is 37.3 Å². The summed E-state index contributed by atoms with van der Waals surface area (Å²) in [5, 5.41) is 0.500. The number of fused-ring (bicyclic) bond motifs is 1. The fraction of sp³-hybridized carbons (Fsp3) is 0.391. The van der Waals surface area contributed by atoms with Gasteiger partial charge in [0.2, 0.25) is 0 Å². The highest BCUT2D eigenvalue weighted by Gasteiger charge is 2.22. The zero-order chi connectivity index (χ0) is 21.6. The zero-order valence-corrected chi connectivity index (χ0v) is 19.6. The third-order valence-electron chi connectivity index (χ3n) is 5.29. The number of ether oxygens (including phenoxy) is 2. The van der Waals surface area contributed by atoms with E-state index >= 15 is 0 Å². The van der Waals surface area contributed by atoms with Gasteiger partial charge in [0.1, 0.15) is 17.1 Å². The van der Waals surface area contributed by atoms with Crippen molar-refractivity contribution in [2.24, 2.45) is 0 Å². The molecule has 0 aliphatic carbocycles. The average molecular weight is 480 g/mol. The number of nitrogens with zero attached hydrogens (tertiary/aromatic N) is 3. The summed E-state index contributed by atoms with van der Waals surface area (Å²) < 4.78 is 26.1. The van der Waals surface area contributed by atoms with Crippen LogP contribution < -0.4 is 9.64 Å². The van der Waals surface area contributed by atoms with Crippen LogP contribution in [0.5, 0.6) is 5.75 Å². The van der Waals surface area contributed by atoms with E-state index in [1.54, 1.807) is 11.0 Å². The van der Waals surface area contributed by atoms with Crippen LogP contribution in [0.15, 0.2) is 42.5 Å². The molecule has 0 radical (unpaired) electrons. The summed E-state index contributed by atoms with van der Waals surface area (Å²) in [6, 6.07) is 12.5. The number of carbonyl (C=O) groups excluding carboxylic acids is 1. The Morgan fingerprint density at radius 3 is 2.75 bits per heavy atom. The molecule has 2 aromatic carbocycles. The first-order valence-electron chi connectivity index (χ1n) is 10.5. The van der Waals surface area contributed by atoms with Gasteiger partial charge in [0, 0.05) is 26.2 Å². The molecule has 32 heavy (non-hydrogen) atoms. The molecule has 1 saturated heterocycles. The number of para-hydroxylation sites is 2. The van der Waals surface area contributed by atoms with E-state index in [-0.39, 0.29) is 30.7 Å². The Balaban J connectivity index is 0.00000289. The molecule has 0 spiro atoms. The van der Waals surface area contributed by atoms with Crippen LogP contribution in [0.2, 0.25) is 0 Å². The van der Waals surface area contributed by atoms with Crippen molar-refractivity contribution >= 4 is 45.0 Å². The Bertz CT molecular complexity index is 1040. The largest absolute Gasteiger partial charge is 0.483 e. The molecule has 0 unspecified atom stereocenters. The lowest BCUT2D eigenvalue weighted by Gasteiger charge is -2.27. The van der Waals surface area contributed by atoms with E-state index in [9.17, 15) is 9.18 Å². The van der Waals surface area contributed by atoms with Crippen LogP contribution in [0.4, 0.5) is 9.52 Å². The monoisotopic (exact) mass is 479 g/mol. The van der Waals surface area contributed by atoms with Gasteiger partial charge in [0.25, 0.3) is 5.91 Å². The fourth-order valence-electron chi connectivity index (χ4n) is 3.56. The lowest BCUT2D eigenvalue weighted by Crippen LogP contribution is -2.40. The normalized spacial score (nSPS) is 14.2. The van der Waals surface area contributed by atoms with E-state index < -0.39 is 0 Å². The molecular formula is C23H27ClFN3O3S. The molecule has 6 nitrogen and oxygen atoms in total. The third kappa shape index (κ3) is 5.95. The first-order chi connectivity index (χ1) is 15.1. The van der Waals surface area contributed by atoms with Crippen LogP contribution in [0.3, 0.4) is 0 Å². The summed E-state index contributed by atoms with van der Waals surface area (Å²) >= 11 is 1.32. The number of amides is 1. The number of aromatic nitrogens is 1.